The lowest BCUT2D eigenvalue weighted by atomic mass is 9.95. The molecule has 0 radical (unpaired) electrons. The Labute approximate surface area is 118 Å². The molecule has 5 nitrogen and oxygen atoms in total. The minimum atomic E-state index is -0.563. The van der Waals surface area contributed by atoms with E-state index >= 15 is 0 Å². The van der Waals surface area contributed by atoms with E-state index < -0.39 is 6.10 Å². The first-order valence-electron chi connectivity index (χ1n) is 7.13. The van der Waals surface area contributed by atoms with E-state index in [0.717, 1.165) is 19.5 Å². The first-order valence-corrected chi connectivity index (χ1v) is 7.13. The molecule has 3 rings (SSSR count). The van der Waals surface area contributed by atoms with Gasteiger partial charge in [-0.05, 0) is 37.6 Å². The molecule has 2 aliphatic rings. The third-order valence-electron chi connectivity index (χ3n) is 3.91. The maximum Gasteiger partial charge on any atom is 0.264 e. The van der Waals surface area contributed by atoms with Gasteiger partial charge in [-0.15, -0.1) is 0 Å². The lowest BCUT2D eigenvalue weighted by Gasteiger charge is -2.32. The van der Waals surface area contributed by atoms with E-state index in [9.17, 15) is 4.79 Å². The highest BCUT2D eigenvalue weighted by atomic mass is 16.6. The molecule has 20 heavy (non-hydrogen) atoms. The zero-order valence-corrected chi connectivity index (χ0v) is 11.6. The Kier molecular flexibility index (Phi) is 3.78. The Morgan fingerprint density at radius 3 is 2.95 bits per heavy atom. The van der Waals surface area contributed by atoms with Gasteiger partial charge in [-0.25, -0.2) is 0 Å². The summed E-state index contributed by atoms with van der Waals surface area (Å²) in [6.45, 7) is 4.29. The van der Waals surface area contributed by atoms with Gasteiger partial charge in [0.05, 0.1) is 0 Å². The number of amides is 1. The monoisotopic (exact) mass is 276 g/mol. The fourth-order valence-electron chi connectivity index (χ4n) is 2.65. The fraction of sp³-hybridized carbons (Fsp3) is 0.533. The summed E-state index contributed by atoms with van der Waals surface area (Å²) in [5.74, 6) is 1.69. The molecule has 0 saturated carbocycles. The second-order valence-corrected chi connectivity index (χ2v) is 5.45. The molecule has 1 aromatic rings. The van der Waals surface area contributed by atoms with Crippen LogP contribution in [0, 0.1) is 5.92 Å². The van der Waals surface area contributed by atoms with Gasteiger partial charge < -0.3 is 20.1 Å². The van der Waals surface area contributed by atoms with E-state index in [1.54, 1.807) is 0 Å². The van der Waals surface area contributed by atoms with Crippen LogP contribution < -0.4 is 20.1 Å². The molecule has 3 atom stereocenters. The largest absolute Gasteiger partial charge is 0.485 e. The third-order valence-corrected chi connectivity index (χ3v) is 3.91. The molecule has 0 aromatic heterocycles. The summed E-state index contributed by atoms with van der Waals surface area (Å²) in [7, 11) is 0. The lowest BCUT2D eigenvalue weighted by Crippen LogP contribution is -2.53. The van der Waals surface area contributed by atoms with Gasteiger partial charge in [0.2, 0.25) is 6.10 Å². The summed E-state index contributed by atoms with van der Waals surface area (Å²) in [4.78, 5) is 12.3. The van der Waals surface area contributed by atoms with E-state index in [4.69, 9.17) is 9.47 Å². The molecular weight excluding hydrogens is 256 g/mol. The standard InChI is InChI=1S/C15H20N2O3/c1-10-8-16-7-6-11(10)17-15(18)14-9-19-12-4-2-3-5-13(12)20-14/h2-5,10-11,14,16H,6-9H2,1H3,(H,17,18). The van der Waals surface area contributed by atoms with Crippen molar-refractivity contribution in [2.75, 3.05) is 19.7 Å². The number of rotatable bonds is 2. The average molecular weight is 276 g/mol. The third kappa shape index (κ3) is 2.72. The number of carbonyl (C=O) groups is 1. The van der Waals surface area contributed by atoms with Crippen LogP contribution in [0.25, 0.3) is 0 Å². The molecule has 3 unspecified atom stereocenters. The number of nitrogens with one attached hydrogen (secondary N) is 2. The van der Waals surface area contributed by atoms with E-state index in [0.29, 0.717) is 17.4 Å². The molecule has 5 heteroatoms. The Morgan fingerprint density at radius 1 is 1.35 bits per heavy atom. The molecule has 0 spiro atoms. The Hall–Kier alpha value is -1.75. The molecule has 1 aromatic carbocycles. The van der Waals surface area contributed by atoms with Gasteiger partial charge in [0.1, 0.15) is 6.61 Å². The molecule has 0 bridgehead atoms. The van der Waals surface area contributed by atoms with Crippen molar-refractivity contribution in [1.82, 2.24) is 10.6 Å². The Morgan fingerprint density at radius 2 is 2.15 bits per heavy atom. The van der Waals surface area contributed by atoms with Crippen LogP contribution in [0.1, 0.15) is 13.3 Å². The van der Waals surface area contributed by atoms with Crippen molar-refractivity contribution in [3.05, 3.63) is 24.3 Å². The molecule has 2 heterocycles. The van der Waals surface area contributed by atoms with Crippen LogP contribution in [0.2, 0.25) is 0 Å². The van der Waals surface area contributed by atoms with E-state index in [-0.39, 0.29) is 18.6 Å². The number of para-hydroxylation sites is 2. The first kappa shape index (κ1) is 13.2. The summed E-state index contributed by atoms with van der Waals surface area (Å²) < 4.78 is 11.3. The van der Waals surface area contributed by atoms with Gasteiger partial charge in [0.25, 0.3) is 5.91 Å². The van der Waals surface area contributed by atoms with Gasteiger partial charge in [-0.1, -0.05) is 19.1 Å². The van der Waals surface area contributed by atoms with Crippen LogP contribution in [-0.4, -0.2) is 37.7 Å². The lowest BCUT2D eigenvalue weighted by molar-refractivity contribution is -0.131. The highest BCUT2D eigenvalue weighted by molar-refractivity contribution is 5.82. The Bertz CT molecular complexity index is 492. The summed E-state index contributed by atoms with van der Waals surface area (Å²) >= 11 is 0. The Balaban J connectivity index is 1.61. The van der Waals surface area contributed by atoms with Crippen molar-refractivity contribution >= 4 is 5.91 Å². The number of hydrogen-bond donors (Lipinski definition) is 2. The molecule has 0 aliphatic carbocycles. The highest BCUT2D eigenvalue weighted by Crippen LogP contribution is 2.30. The summed E-state index contributed by atoms with van der Waals surface area (Å²) in [6, 6.07) is 7.64. The summed E-state index contributed by atoms with van der Waals surface area (Å²) in [5.41, 5.74) is 0. The van der Waals surface area contributed by atoms with Gasteiger partial charge in [-0.3, -0.25) is 4.79 Å². The van der Waals surface area contributed by atoms with Crippen molar-refractivity contribution in [2.24, 2.45) is 5.92 Å². The van der Waals surface area contributed by atoms with Crippen molar-refractivity contribution in [2.45, 2.75) is 25.5 Å². The van der Waals surface area contributed by atoms with Crippen LogP contribution in [-0.2, 0) is 4.79 Å². The summed E-state index contributed by atoms with van der Waals surface area (Å²) in [5, 5.41) is 6.41. The van der Waals surface area contributed by atoms with Crippen molar-refractivity contribution in [1.29, 1.82) is 0 Å². The predicted molar refractivity (Wildman–Crippen MR) is 74.9 cm³/mol. The number of fused-ring (bicyclic) bond motifs is 1. The zero-order valence-electron chi connectivity index (χ0n) is 11.6. The minimum Gasteiger partial charge on any atom is -0.485 e. The number of piperidine rings is 1. The number of hydrogen-bond acceptors (Lipinski definition) is 4. The maximum absolute atomic E-state index is 12.3. The smallest absolute Gasteiger partial charge is 0.264 e. The molecule has 2 N–H and O–H groups in total. The highest BCUT2D eigenvalue weighted by Gasteiger charge is 2.30. The van der Waals surface area contributed by atoms with E-state index in [1.807, 2.05) is 24.3 Å². The van der Waals surface area contributed by atoms with Crippen LogP contribution in [0.4, 0.5) is 0 Å². The molecule has 1 fully saturated rings. The molecule has 1 amide bonds. The van der Waals surface area contributed by atoms with Gasteiger partial charge in [0, 0.05) is 6.04 Å². The van der Waals surface area contributed by atoms with Crippen LogP contribution in [0.3, 0.4) is 0 Å². The van der Waals surface area contributed by atoms with Gasteiger partial charge in [-0.2, -0.15) is 0 Å². The van der Waals surface area contributed by atoms with Crippen LogP contribution >= 0.6 is 0 Å². The van der Waals surface area contributed by atoms with Crippen molar-refractivity contribution in [3.8, 4) is 11.5 Å². The maximum atomic E-state index is 12.3. The predicted octanol–water partition coefficient (Wildman–Crippen LogP) is 0.941. The fourth-order valence-corrected chi connectivity index (χ4v) is 2.65. The molecule has 108 valence electrons. The van der Waals surface area contributed by atoms with Crippen LogP contribution in [0.5, 0.6) is 11.5 Å². The average Bonchev–Trinajstić information content (AvgIpc) is 2.49. The second kappa shape index (κ2) is 5.71. The number of carbonyl (C=O) groups excluding carboxylic acids is 1. The van der Waals surface area contributed by atoms with Gasteiger partial charge >= 0.3 is 0 Å². The van der Waals surface area contributed by atoms with Crippen molar-refractivity contribution < 1.29 is 14.3 Å². The van der Waals surface area contributed by atoms with E-state index in [1.165, 1.54) is 0 Å². The second-order valence-electron chi connectivity index (χ2n) is 5.45. The minimum absolute atomic E-state index is 0.0850. The van der Waals surface area contributed by atoms with E-state index in [2.05, 4.69) is 17.6 Å². The molecular formula is C15H20N2O3. The molecule has 2 aliphatic heterocycles. The first-order chi connectivity index (χ1) is 9.74. The SMILES string of the molecule is CC1CNCCC1NC(=O)C1COc2ccccc2O1. The normalized spacial score (nSPS) is 28.8. The van der Waals surface area contributed by atoms with Gasteiger partial charge in [0.15, 0.2) is 11.5 Å². The quantitative estimate of drug-likeness (QED) is 0.844. The summed E-state index contributed by atoms with van der Waals surface area (Å²) in [6.07, 6.45) is 0.392. The van der Waals surface area contributed by atoms with Crippen LogP contribution in [0.15, 0.2) is 24.3 Å². The number of ether oxygens (including phenoxy) is 2. The zero-order chi connectivity index (χ0) is 13.9. The van der Waals surface area contributed by atoms with Crippen molar-refractivity contribution in [3.63, 3.8) is 0 Å². The number of benzene rings is 1. The molecule has 1 saturated heterocycles. The topological polar surface area (TPSA) is 59.6 Å².